The molecule has 1 amide bonds. The fourth-order valence-electron chi connectivity index (χ4n) is 5.79. The van der Waals surface area contributed by atoms with E-state index in [4.69, 9.17) is 4.74 Å². The number of benzene rings is 1. The number of rotatable bonds is 7. The van der Waals surface area contributed by atoms with Gasteiger partial charge in [0.1, 0.15) is 0 Å². The molecule has 0 bridgehead atoms. The Kier molecular flexibility index (Phi) is 7.37. The number of carbonyl (C=O) groups is 1. The molecule has 3 heterocycles. The first-order valence-corrected chi connectivity index (χ1v) is 14.8. The number of nitrogens with zero attached hydrogens (tertiary/aromatic N) is 5. The van der Waals surface area contributed by atoms with E-state index in [9.17, 15) is 13.2 Å². The zero-order valence-electron chi connectivity index (χ0n) is 21.7. The molecule has 2 aromatic heterocycles. The molecule has 10 nitrogen and oxygen atoms in total. The Morgan fingerprint density at radius 1 is 1.16 bits per heavy atom. The van der Waals surface area contributed by atoms with Gasteiger partial charge in [-0.1, -0.05) is 6.07 Å². The molecular formula is C26H36N6O4S. The van der Waals surface area contributed by atoms with Crippen LogP contribution in [0.5, 0.6) is 0 Å². The van der Waals surface area contributed by atoms with E-state index in [1.165, 1.54) is 17.2 Å². The lowest BCUT2D eigenvalue weighted by Gasteiger charge is -2.39. The maximum atomic E-state index is 13.0. The van der Waals surface area contributed by atoms with Gasteiger partial charge in [0.05, 0.1) is 30.7 Å². The predicted molar refractivity (Wildman–Crippen MR) is 141 cm³/mol. The Bertz CT molecular complexity index is 1360. The third-order valence-electron chi connectivity index (χ3n) is 7.86. The molecule has 200 valence electrons. The van der Waals surface area contributed by atoms with Crippen molar-refractivity contribution in [1.82, 2.24) is 29.0 Å². The van der Waals surface area contributed by atoms with Crippen LogP contribution in [0.2, 0.25) is 0 Å². The van der Waals surface area contributed by atoms with Gasteiger partial charge in [-0.2, -0.15) is 5.10 Å². The summed E-state index contributed by atoms with van der Waals surface area (Å²) in [5.41, 5.74) is 2.49. The average Bonchev–Trinajstić information content (AvgIpc) is 3.47. The molecular weight excluding hydrogens is 492 g/mol. The minimum atomic E-state index is -3.37. The number of amides is 1. The Labute approximate surface area is 218 Å². The Balaban J connectivity index is 1.19. The molecule has 0 unspecified atom stereocenters. The van der Waals surface area contributed by atoms with E-state index < -0.39 is 10.0 Å². The lowest BCUT2D eigenvalue weighted by molar-refractivity contribution is -0.0151. The van der Waals surface area contributed by atoms with Crippen molar-refractivity contribution in [2.45, 2.75) is 50.2 Å². The monoisotopic (exact) mass is 528 g/mol. The minimum absolute atomic E-state index is 0.126. The zero-order valence-corrected chi connectivity index (χ0v) is 22.5. The molecule has 2 fully saturated rings. The van der Waals surface area contributed by atoms with Crippen LogP contribution >= 0.6 is 0 Å². The second kappa shape index (κ2) is 10.5. The van der Waals surface area contributed by atoms with E-state index in [2.05, 4.69) is 33.0 Å². The zero-order chi connectivity index (χ0) is 26.2. The molecule has 1 saturated carbocycles. The summed E-state index contributed by atoms with van der Waals surface area (Å²) >= 11 is 0. The van der Waals surface area contributed by atoms with Gasteiger partial charge in [0.2, 0.25) is 10.0 Å². The van der Waals surface area contributed by atoms with Crippen LogP contribution in [-0.4, -0.2) is 76.7 Å². The number of aryl methyl sites for hydroxylation is 2. The molecule has 3 aromatic rings. The summed E-state index contributed by atoms with van der Waals surface area (Å²) in [5.74, 6) is 0.626. The van der Waals surface area contributed by atoms with Gasteiger partial charge in [-0.05, 0) is 55.7 Å². The number of piperidine rings is 1. The largest absolute Gasteiger partial charge is 0.378 e. The highest BCUT2D eigenvalue weighted by atomic mass is 32.2. The smallest absolute Gasteiger partial charge is 0.289 e. The molecule has 37 heavy (non-hydrogen) atoms. The van der Waals surface area contributed by atoms with E-state index >= 15 is 0 Å². The molecule has 1 aliphatic carbocycles. The first kappa shape index (κ1) is 25.9. The number of sulfonamides is 1. The summed E-state index contributed by atoms with van der Waals surface area (Å²) in [4.78, 5) is 19.0. The van der Waals surface area contributed by atoms with Crippen LogP contribution in [-0.2, 0) is 28.9 Å². The second-order valence-electron chi connectivity index (χ2n) is 10.6. The summed E-state index contributed by atoms with van der Waals surface area (Å²) in [7, 11) is 0.383. The first-order chi connectivity index (χ1) is 17.7. The van der Waals surface area contributed by atoms with Gasteiger partial charge in [0, 0.05) is 56.9 Å². The predicted octanol–water partition coefficient (Wildman–Crippen LogP) is 2.43. The molecule has 0 radical (unpaired) electrons. The van der Waals surface area contributed by atoms with Crippen LogP contribution in [0.25, 0.3) is 10.9 Å². The van der Waals surface area contributed by atoms with Crippen LogP contribution in [0.15, 0.2) is 36.8 Å². The minimum Gasteiger partial charge on any atom is -0.378 e. The Morgan fingerprint density at radius 3 is 2.65 bits per heavy atom. The third kappa shape index (κ3) is 5.89. The van der Waals surface area contributed by atoms with E-state index in [1.54, 1.807) is 28.9 Å². The highest BCUT2D eigenvalue weighted by Crippen LogP contribution is 2.35. The summed E-state index contributed by atoms with van der Waals surface area (Å²) in [6.45, 7) is 1.32. The number of imidazole rings is 1. The fraction of sp³-hybridized carbons (Fsp3) is 0.577. The molecule has 1 aliphatic heterocycles. The van der Waals surface area contributed by atoms with E-state index in [1.807, 2.05) is 17.9 Å². The molecule has 2 aliphatic rings. The van der Waals surface area contributed by atoms with Crippen molar-refractivity contribution in [2.24, 2.45) is 20.0 Å². The Hall–Kier alpha value is -2.76. The lowest BCUT2D eigenvalue weighted by atomic mass is 9.82. The maximum Gasteiger partial charge on any atom is 0.289 e. The van der Waals surface area contributed by atoms with Crippen molar-refractivity contribution >= 4 is 26.8 Å². The van der Waals surface area contributed by atoms with Crippen molar-refractivity contribution in [2.75, 3.05) is 26.0 Å². The van der Waals surface area contributed by atoms with E-state index in [0.29, 0.717) is 37.9 Å². The summed E-state index contributed by atoms with van der Waals surface area (Å²) in [5, 5.41) is 5.52. The van der Waals surface area contributed by atoms with Crippen LogP contribution in [0.4, 0.5) is 0 Å². The average molecular weight is 529 g/mol. The van der Waals surface area contributed by atoms with Gasteiger partial charge in [-0.3, -0.25) is 9.48 Å². The first-order valence-electron chi connectivity index (χ1n) is 12.9. The normalized spacial score (nSPS) is 25.0. The van der Waals surface area contributed by atoms with Crippen LogP contribution in [0.3, 0.4) is 0 Å². The molecule has 1 N–H and O–H groups in total. The molecule has 0 spiro atoms. The number of hydrogen-bond donors (Lipinski definition) is 1. The number of hydrogen-bond acceptors (Lipinski definition) is 6. The molecule has 1 aromatic carbocycles. The summed E-state index contributed by atoms with van der Waals surface area (Å²) in [6.07, 6.45) is 11.2. The quantitative estimate of drug-likeness (QED) is 0.504. The molecule has 2 atom stereocenters. The summed E-state index contributed by atoms with van der Waals surface area (Å²) in [6, 6.07) is 6.36. The van der Waals surface area contributed by atoms with Crippen molar-refractivity contribution in [3.63, 3.8) is 0 Å². The highest BCUT2D eigenvalue weighted by Gasteiger charge is 2.35. The topological polar surface area (TPSA) is 111 Å². The second-order valence-corrected chi connectivity index (χ2v) is 12.3. The van der Waals surface area contributed by atoms with Crippen molar-refractivity contribution < 1.29 is 17.9 Å². The number of fused-ring (bicyclic) bond motifs is 1. The SMILES string of the molecule is Cn1ccnc1C(=O)N1CC[C@H](NS(C)(=O)=O)[C@H](COC2CCC(c3ccc4c(cnn4C)c3)CC2)C1. The van der Waals surface area contributed by atoms with Gasteiger partial charge in [0.25, 0.3) is 5.91 Å². The van der Waals surface area contributed by atoms with Gasteiger partial charge in [-0.15, -0.1) is 0 Å². The van der Waals surface area contributed by atoms with Crippen molar-refractivity contribution in [3.05, 3.63) is 48.2 Å². The highest BCUT2D eigenvalue weighted by molar-refractivity contribution is 7.88. The van der Waals surface area contributed by atoms with E-state index in [0.717, 1.165) is 31.2 Å². The number of carbonyl (C=O) groups excluding carboxylic acids is 1. The fourth-order valence-corrected chi connectivity index (χ4v) is 6.65. The van der Waals surface area contributed by atoms with Crippen molar-refractivity contribution in [3.8, 4) is 0 Å². The van der Waals surface area contributed by atoms with Crippen LogP contribution < -0.4 is 4.72 Å². The molecule has 1 saturated heterocycles. The Morgan fingerprint density at radius 2 is 1.95 bits per heavy atom. The van der Waals surface area contributed by atoms with Gasteiger partial charge >= 0.3 is 0 Å². The molecule has 5 rings (SSSR count). The summed E-state index contributed by atoms with van der Waals surface area (Å²) < 4.78 is 36.7. The van der Waals surface area contributed by atoms with Crippen LogP contribution in [0, 0.1) is 5.92 Å². The lowest BCUT2D eigenvalue weighted by Crippen LogP contribution is -2.54. The number of ether oxygens (including phenoxy) is 1. The number of likely N-dealkylation sites (tertiary alicyclic amines) is 1. The van der Waals surface area contributed by atoms with E-state index in [-0.39, 0.29) is 24.0 Å². The molecule has 11 heteroatoms. The maximum absolute atomic E-state index is 13.0. The third-order valence-corrected chi connectivity index (χ3v) is 8.59. The number of aromatic nitrogens is 4. The van der Waals surface area contributed by atoms with Crippen molar-refractivity contribution in [1.29, 1.82) is 0 Å². The standard InChI is InChI=1S/C26H36N6O4S/c1-30-13-11-27-25(30)26(33)32-12-10-23(29-37(3,34)35)21(16-32)17-36-22-7-4-18(5-8-22)19-6-9-24-20(14-19)15-28-31(24)2/h6,9,11,13-15,18,21-23,29H,4-5,7-8,10,12,16-17H2,1-3H3/t18?,21-,22?,23-/m0/s1. The van der Waals surface area contributed by atoms with Gasteiger partial charge < -0.3 is 14.2 Å². The van der Waals surface area contributed by atoms with Crippen LogP contribution in [0.1, 0.15) is 54.2 Å². The van der Waals surface area contributed by atoms with Gasteiger partial charge in [-0.25, -0.2) is 18.1 Å². The number of nitrogens with one attached hydrogen (secondary N) is 1. The van der Waals surface area contributed by atoms with Gasteiger partial charge in [0.15, 0.2) is 5.82 Å².